The van der Waals surface area contributed by atoms with Gasteiger partial charge in [-0.1, -0.05) is 36.4 Å². The molecule has 0 amide bonds. The number of ether oxygens (including phenoxy) is 2. The number of hydrogen-bond acceptors (Lipinski definition) is 2. The van der Waals surface area contributed by atoms with E-state index in [2.05, 4.69) is 24.3 Å². The van der Waals surface area contributed by atoms with Crippen molar-refractivity contribution in [2.24, 2.45) is 0 Å². The molecule has 90 valence electrons. The predicted octanol–water partition coefficient (Wildman–Crippen LogP) is 3.84. The van der Waals surface area contributed by atoms with Crippen molar-refractivity contribution in [3.63, 3.8) is 0 Å². The standard InChI is InChI=1S/C16H14O2/c1-17-14-9-7-13-8-10-15(18-16(13)11-14)12-5-3-2-4-6-12/h2-11,15H,1H3. The van der Waals surface area contributed by atoms with Crippen LogP contribution >= 0.6 is 0 Å². The van der Waals surface area contributed by atoms with E-state index in [-0.39, 0.29) is 6.10 Å². The van der Waals surface area contributed by atoms with Crippen LogP contribution in [0, 0.1) is 0 Å². The highest BCUT2D eigenvalue weighted by Crippen LogP contribution is 2.34. The largest absolute Gasteiger partial charge is 0.497 e. The van der Waals surface area contributed by atoms with Crippen LogP contribution in [0.3, 0.4) is 0 Å². The second-order valence-electron chi connectivity index (χ2n) is 4.21. The van der Waals surface area contributed by atoms with Gasteiger partial charge in [0, 0.05) is 11.6 Å². The van der Waals surface area contributed by atoms with Gasteiger partial charge in [-0.3, -0.25) is 0 Å². The summed E-state index contributed by atoms with van der Waals surface area (Å²) < 4.78 is 11.2. The number of hydrogen-bond donors (Lipinski definition) is 0. The second-order valence-corrected chi connectivity index (χ2v) is 4.21. The molecule has 2 nitrogen and oxygen atoms in total. The smallest absolute Gasteiger partial charge is 0.142 e. The zero-order chi connectivity index (χ0) is 12.4. The third-order valence-electron chi connectivity index (χ3n) is 3.05. The van der Waals surface area contributed by atoms with Crippen molar-refractivity contribution in [3.8, 4) is 11.5 Å². The SMILES string of the molecule is COc1ccc2c(c1)OC(c1ccccc1)C=C2. The fourth-order valence-electron chi connectivity index (χ4n) is 2.07. The molecule has 1 heterocycles. The van der Waals surface area contributed by atoms with Crippen molar-refractivity contribution >= 4 is 6.08 Å². The Morgan fingerprint density at radius 2 is 1.89 bits per heavy atom. The van der Waals surface area contributed by atoms with Crippen LogP contribution in [0.2, 0.25) is 0 Å². The molecule has 0 aliphatic carbocycles. The number of methoxy groups -OCH3 is 1. The number of fused-ring (bicyclic) bond motifs is 1. The van der Waals surface area contributed by atoms with E-state index in [4.69, 9.17) is 9.47 Å². The minimum Gasteiger partial charge on any atom is -0.497 e. The summed E-state index contributed by atoms with van der Waals surface area (Å²) in [5, 5.41) is 0. The van der Waals surface area contributed by atoms with Crippen molar-refractivity contribution in [2.45, 2.75) is 6.10 Å². The van der Waals surface area contributed by atoms with Gasteiger partial charge in [0.2, 0.25) is 0 Å². The highest BCUT2D eigenvalue weighted by Gasteiger charge is 2.16. The first-order valence-corrected chi connectivity index (χ1v) is 5.94. The summed E-state index contributed by atoms with van der Waals surface area (Å²) in [4.78, 5) is 0. The Balaban J connectivity index is 1.93. The van der Waals surface area contributed by atoms with Crippen molar-refractivity contribution in [1.29, 1.82) is 0 Å². The van der Waals surface area contributed by atoms with Crippen LogP contribution in [-0.4, -0.2) is 7.11 Å². The zero-order valence-electron chi connectivity index (χ0n) is 10.2. The fraction of sp³-hybridized carbons (Fsp3) is 0.125. The lowest BCUT2D eigenvalue weighted by atomic mass is 10.0. The summed E-state index contributed by atoms with van der Waals surface area (Å²) in [6.45, 7) is 0. The topological polar surface area (TPSA) is 18.5 Å². The molecule has 0 aromatic heterocycles. The predicted molar refractivity (Wildman–Crippen MR) is 71.8 cm³/mol. The van der Waals surface area contributed by atoms with Crippen molar-refractivity contribution < 1.29 is 9.47 Å². The Morgan fingerprint density at radius 1 is 1.06 bits per heavy atom. The van der Waals surface area contributed by atoms with Crippen LogP contribution < -0.4 is 9.47 Å². The molecule has 0 N–H and O–H groups in total. The average Bonchev–Trinajstić information content (AvgIpc) is 2.47. The van der Waals surface area contributed by atoms with E-state index in [1.807, 2.05) is 36.4 Å². The monoisotopic (exact) mass is 238 g/mol. The maximum atomic E-state index is 5.99. The fourth-order valence-corrected chi connectivity index (χ4v) is 2.07. The Morgan fingerprint density at radius 3 is 2.67 bits per heavy atom. The van der Waals surface area contributed by atoms with Gasteiger partial charge >= 0.3 is 0 Å². The Hall–Kier alpha value is -2.22. The van der Waals surface area contributed by atoms with Gasteiger partial charge in [0.05, 0.1) is 7.11 Å². The number of benzene rings is 2. The van der Waals surface area contributed by atoms with Gasteiger partial charge in [0.15, 0.2) is 0 Å². The maximum absolute atomic E-state index is 5.99. The van der Waals surface area contributed by atoms with Gasteiger partial charge in [-0.25, -0.2) is 0 Å². The molecule has 0 radical (unpaired) electrons. The van der Waals surface area contributed by atoms with Gasteiger partial charge in [-0.05, 0) is 23.8 Å². The molecule has 0 saturated heterocycles. The van der Waals surface area contributed by atoms with Gasteiger partial charge in [0.25, 0.3) is 0 Å². The summed E-state index contributed by atoms with van der Waals surface area (Å²) in [5.74, 6) is 1.68. The molecule has 1 aliphatic rings. The third kappa shape index (κ3) is 1.97. The van der Waals surface area contributed by atoms with Crippen LogP contribution in [0.25, 0.3) is 6.08 Å². The quantitative estimate of drug-likeness (QED) is 0.791. The molecule has 0 fully saturated rings. The average molecular weight is 238 g/mol. The number of rotatable bonds is 2. The first-order valence-electron chi connectivity index (χ1n) is 5.94. The molecule has 2 aromatic carbocycles. The van der Waals surface area contributed by atoms with Gasteiger partial charge in [0.1, 0.15) is 17.6 Å². The molecule has 1 atom stereocenters. The van der Waals surface area contributed by atoms with Crippen LogP contribution in [0.15, 0.2) is 54.6 Å². The van der Waals surface area contributed by atoms with Gasteiger partial charge in [-0.2, -0.15) is 0 Å². The molecular weight excluding hydrogens is 224 g/mol. The molecule has 2 aromatic rings. The normalized spacial score (nSPS) is 16.8. The first kappa shape index (κ1) is 10.9. The van der Waals surface area contributed by atoms with Gasteiger partial charge in [-0.15, -0.1) is 0 Å². The van der Waals surface area contributed by atoms with E-state index in [1.165, 1.54) is 0 Å². The summed E-state index contributed by atoms with van der Waals surface area (Å²) in [6, 6.07) is 16.1. The van der Waals surface area contributed by atoms with E-state index in [0.717, 1.165) is 22.6 Å². The van der Waals surface area contributed by atoms with E-state index >= 15 is 0 Å². The lowest BCUT2D eigenvalue weighted by Crippen LogP contribution is -2.08. The van der Waals surface area contributed by atoms with Crippen molar-refractivity contribution in [2.75, 3.05) is 7.11 Å². The van der Waals surface area contributed by atoms with E-state index in [1.54, 1.807) is 7.11 Å². The first-order chi connectivity index (χ1) is 8.86. The molecule has 1 aliphatic heterocycles. The summed E-state index contributed by atoms with van der Waals surface area (Å²) in [6.07, 6.45) is 4.14. The van der Waals surface area contributed by atoms with Crippen molar-refractivity contribution in [3.05, 3.63) is 65.7 Å². The second kappa shape index (κ2) is 4.57. The molecule has 2 heteroatoms. The molecule has 0 bridgehead atoms. The Kier molecular flexibility index (Phi) is 2.77. The van der Waals surface area contributed by atoms with E-state index < -0.39 is 0 Å². The van der Waals surface area contributed by atoms with E-state index in [0.29, 0.717) is 0 Å². The summed E-state index contributed by atoms with van der Waals surface area (Å²) >= 11 is 0. The van der Waals surface area contributed by atoms with Crippen LogP contribution in [-0.2, 0) is 0 Å². The molecule has 18 heavy (non-hydrogen) atoms. The van der Waals surface area contributed by atoms with Crippen molar-refractivity contribution in [1.82, 2.24) is 0 Å². The Bertz CT molecular complexity index is 573. The maximum Gasteiger partial charge on any atom is 0.142 e. The zero-order valence-corrected chi connectivity index (χ0v) is 10.2. The summed E-state index contributed by atoms with van der Waals surface area (Å²) in [5.41, 5.74) is 2.24. The third-order valence-corrected chi connectivity index (χ3v) is 3.05. The minimum atomic E-state index is -0.0224. The van der Waals surface area contributed by atoms with Crippen LogP contribution in [0.5, 0.6) is 11.5 Å². The van der Waals surface area contributed by atoms with E-state index in [9.17, 15) is 0 Å². The lowest BCUT2D eigenvalue weighted by molar-refractivity contribution is 0.250. The Labute approximate surface area is 106 Å². The molecule has 1 unspecified atom stereocenters. The molecular formula is C16H14O2. The molecule has 0 saturated carbocycles. The molecule has 3 rings (SSSR count). The highest BCUT2D eigenvalue weighted by molar-refractivity contribution is 5.62. The summed E-state index contributed by atoms with van der Waals surface area (Å²) in [7, 11) is 1.66. The highest BCUT2D eigenvalue weighted by atomic mass is 16.5. The lowest BCUT2D eigenvalue weighted by Gasteiger charge is -2.22. The molecule has 0 spiro atoms. The van der Waals surface area contributed by atoms with Crippen LogP contribution in [0.1, 0.15) is 17.2 Å². The minimum absolute atomic E-state index is 0.0224. The van der Waals surface area contributed by atoms with Crippen LogP contribution in [0.4, 0.5) is 0 Å². The van der Waals surface area contributed by atoms with Gasteiger partial charge < -0.3 is 9.47 Å².